The predicted molar refractivity (Wildman–Crippen MR) is 197 cm³/mol. The van der Waals surface area contributed by atoms with Crippen molar-refractivity contribution in [1.29, 1.82) is 0 Å². The van der Waals surface area contributed by atoms with E-state index in [4.69, 9.17) is 10.2 Å². The van der Waals surface area contributed by atoms with Gasteiger partial charge in [-0.3, -0.25) is 9.80 Å². The van der Waals surface area contributed by atoms with Crippen LogP contribution in [-0.4, -0.2) is 119 Å². The Morgan fingerprint density at radius 1 is 0.419 bits per heavy atom. The fourth-order valence-corrected chi connectivity index (χ4v) is 5.09. The Morgan fingerprint density at radius 2 is 0.674 bits per heavy atom. The molecule has 0 heterocycles. The number of hydrogen-bond donors (Lipinski definition) is 2. The molecular formula is C37H86N4O2. The molecule has 0 aromatic carbocycles. The highest BCUT2D eigenvalue weighted by Gasteiger charge is 2.18. The first-order valence-electron chi connectivity index (χ1n) is 18.3. The third kappa shape index (κ3) is 36.1. The van der Waals surface area contributed by atoms with Crippen molar-refractivity contribution in [3.05, 3.63) is 0 Å². The van der Waals surface area contributed by atoms with Crippen LogP contribution in [0.5, 0.6) is 0 Å². The molecule has 0 spiro atoms. The fraction of sp³-hybridized carbons (Fsp3) is 1.00. The second-order valence-corrected chi connectivity index (χ2v) is 13.7. The molecule has 0 aliphatic carbocycles. The highest BCUT2D eigenvalue weighted by molar-refractivity contribution is 4.73. The lowest BCUT2D eigenvalue weighted by molar-refractivity contribution is 0.111. The molecule has 0 fully saturated rings. The van der Waals surface area contributed by atoms with E-state index in [2.05, 4.69) is 110 Å². The Kier molecular flexibility index (Phi) is 40.0. The summed E-state index contributed by atoms with van der Waals surface area (Å²) in [7, 11) is 0. The van der Waals surface area contributed by atoms with E-state index < -0.39 is 0 Å². The topological polar surface area (TPSA) is 53.4 Å². The average molecular weight is 619 g/mol. The standard InChI is InChI=1S/2C14H32N2.C5H12O.C4H10O/c1-11(2)15(12(3)4)9-10-16(13(5)6)14(7)8;1-5-9-15(10-6-2)13-14-16(11-7-3)12-8-4;1-3-4-5(2)6;1-4(2)3-5/h11-14H,9-10H2,1-8H3;5-14H2,1-4H3;5-6H,3-4H2,1-2H3;4-5H,3H2,1-2H3. The molecule has 1 unspecified atom stereocenters. The second kappa shape index (κ2) is 34.6. The van der Waals surface area contributed by atoms with Crippen LogP contribution in [0.4, 0.5) is 0 Å². The largest absolute Gasteiger partial charge is 0.396 e. The molecule has 0 saturated carbocycles. The van der Waals surface area contributed by atoms with Crippen molar-refractivity contribution in [2.45, 2.75) is 180 Å². The van der Waals surface area contributed by atoms with Gasteiger partial charge in [-0.05, 0) is 127 Å². The molecule has 0 aromatic rings. The summed E-state index contributed by atoms with van der Waals surface area (Å²) in [6.45, 7) is 45.4. The summed E-state index contributed by atoms with van der Waals surface area (Å²) >= 11 is 0. The van der Waals surface area contributed by atoms with E-state index in [1.54, 1.807) is 0 Å². The van der Waals surface area contributed by atoms with Crippen molar-refractivity contribution in [2.75, 3.05) is 59.0 Å². The highest BCUT2D eigenvalue weighted by Crippen LogP contribution is 2.09. The number of aliphatic hydroxyl groups excluding tert-OH is 2. The van der Waals surface area contributed by atoms with Gasteiger partial charge in [0.25, 0.3) is 0 Å². The zero-order valence-electron chi connectivity index (χ0n) is 32.8. The van der Waals surface area contributed by atoms with Gasteiger partial charge in [0.15, 0.2) is 0 Å². The van der Waals surface area contributed by atoms with Crippen molar-refractivity contribution in [2.24, 2.45) is 5.92 Å². The third-order valence-corrected chi connectivity index (χ3v) is 7.23. The molecule has 0 aliphatic heterocycles. The molecule has 0 amide bonds. The molecule has 1 atom stereocenters. The minimum atomic E-state index is -0.102. The zero-order chi connectivity index (χ0) is 34.4. The van der Waals surface area contributed by atoms with Crippen LogP contribution in [0.25, 0.3) is 0 Å². The van der Waals surface area contributed by atoms with Gasteiger partial charge in [0.1, 0.15) is 0 Å². The van der Waals surface area contributed by atoms with E-state index in [9.17, 15) is 0 Å². The molecule has 0 rings (SSSR count). The molecule has 6 heteroatoms. The fourth-order valence-electron chi connectivity index (χ4n) is 5.09. The molecule has 0 aromatic heterocycles. The summed E-state index contributed by atoms with van der Waals surface area (Å²) in [5.74, 6) is 0.440. The Hall–Kier alpha value is -0.240. The summed E-state index contributed by atoms with van der Waals surface area (Å²) in [5.41, 5.74) is 0. The van der Waals surface area contributed by atoms with E-state index in [1.165, 1.54) is 78.0 Å². The summed E-state index contributed by atoms with van der Waals surface area (Å²) in [6.07, 6.45) is 7.03. The van der Waals surface area contributed by atoms with E-state index in [1.807, 2.05) is 20.8 Å². The maximum atomic E-state index is 8.55. The lowest BCUT2D eigenvalue weighted by atomic mass is 10.2. The first kappa shape index (κ1) is 49.6. The van der Waals surface area contributed by atoms with Gasteiger partial charge < -0.3 is 20.0 Å². The number of nitrogens with zero attached hydrogens (tertiary/aromatic N) is 4. The van der Waals surface area contributed by atoms with Crippen molar-refractivity contribution >= 4 is 0 Å². The number of rotatable bonds is 21. The van der Waals surface area contributed by atoms with Gasteiger partial charge in [-0.25, -0.2) is 0 Å². The van der Waals surface area contributed by atoms with Crippen LogP contribution >= 0.6 is 0 Å². The number of hydrogen-bond acceptors (Lipinski definition) is 6. The summed E-state index contributed by atoms with van der Waals surface area (Å²) in [5, 5.41) is 16.7. The van der Waals surface area contributed by atoms with Gasteiger partial charge in [0.05, 0.1) is 6.10 Å². The van der Waals surface area contributed by atoms with Crippen LogP contribution < -0.4 is 0 Å². The van der Waals surface area contributed by atoms with Crippen LogP contribution in [0.1, 0.15) is 149 Å². The van der Waals surface area contributed by atoms with E-state index >= 15 is 0 Å². The monoisotopic (exact) mass is 619 g/mol. The molecule has 6 nitrogen and oxygen atoms in total. The first-order chi connectivity index (χ1) is 20.1. The summed E-state index contributed by atoms with van der Waals surface area (Å²) in [6, 6.07) is 2.56. The predicted octanol–water partition coefficient (Wildman–Crippen LogP) is 8.26. The van der Waals surface area contributed by atoms with Crippen LogP contribution in [0.2, 0.25) is 0 Å². The van der Waals surface area contributed by atoms with Gasteiger partial charge in [0, 0.05) is 57.0 Å². The molecule has 266 valence electrons. The molecule has 0 radical (unpaired) electrons. The minimum absolute atomic E-state index is 0.102. The maximum absolute atomic E-state index is 8.55. The van der Waals surface area contributed by atoms with Gasteiger partial charge >= 0.3 is 0 Å². The average Bonchev–Trinajstić information content (AvgIpc) is 2.90. The molecule has 0 saturated heterocycles. The lowest BCUT2D eigenvalue weighted by Crippen LogP contribution is -2.46. The minimum Gasteiger partial charge on any atom is -0.396 e. The van der Waals surface area contributed by atoms with Crippen LogP contribution in [0.3, 0.4) is 0 Å². The van der Waals surface area contributed by atoms with Crippen LogP contribution in [0, 0.1) is 5.92 Å². The van der Waals surface area contributed by atoms with Crippen molar-refractivity contribution in [3.8, 4) is 0 Å². The van der Waals surface area contributed by atoms with Crippen molar-refractivity contribution < 1.29 is 10.2 Å². The molecule has 43 heavy (non-hydrogen) atoms. The van der Waals surface area contributed by atoms with Gasteiger partial charge in [0.2, 0.25) is 0 Å². The van der Waals surface area contributed by atoms with E-state index in [0.717, 1.165) is 12.8 Å². The molecule has 0 aliphatic rings. The van der Waals surface area contributed by atoms with Gasteiger partial charge in [-0.15, -0.1) is 0 Å². The highest BCUT2D eigenvalue weighted by atomic mass is 16.3. The van der Waals surface area contributed by atoms with Gasteiger partial charge in [-0.2, -0.15) is 0 Å². The third-order valence-electron chi connectivity index (χ3n) is 7.23. The second-order valence-electron chi connectivity index (χ2n) is 13.7. The lowest BCUT2D eigenvalue weighted by Gasteiger charge is -2.36. The molecule has 0 bridgehead atoms. The van der Waals surface area contributed by atoms with Crippen LogP contribution in [0.15, 0.2) is 0 Å². The Bertz CT molecular complexity index is 449. The summed E-state index contributed by atoms with van der Waals surface area (Å²) < 4.78 is 0. The van der Waals surface area contributed by atoms with Crippen LogP contribution in [-0.2, 0) is 0 Å². The molecule has 2 N–H and O–H groups in total. The Morgan fingerprint density at radius 3 is 0.791 bits per heavy atom. The molecular weight excluding hydrogens is 532 g/mol. The normalized spacial score (nSPS) is 12.3. The van der Waals surface area contributed by atoms with Crippen molar-refractivity contribution in [1.82, 2.24) is 19.6 Å². The van der Waals surface area contributed by atoms with Crippen molar-refractivity contribution in [3.63, 3.8) is 0 Å². The zero-order valence-corrected chi connectivity index (χ0v) is 32.8. The quantitative estimate of drug-likeness (QED) is 0.135. The number of aliphatic hydroxyl groups is 2. The smallest absolute Gasteiger partial charge is 0.0512 e. The summed E-state index contributed by atoms with van der Waals surface area (Å²) in [4.78, 5) is 10.4. The van der Waals surface area contributed by atoms with Gasteiger partial charge in [-0.1, -0.05) is 54.9 Å². The maximum Gasteiger partial charge on any atom is 0.0512 e. The van der Waals surface area contributed by atoms with E-state index in [0.29, 0.717) is 36.7 Å². The SMILES string of the molecule is CC(C)CO.CC(C)N(CCN(C(C)C)C(C)C)C(C)C.CCCC(C)O.CCCN(CCC)CCN(CCC)CCC. The Balaban J connectivity index is -0.000000264. The Labute approximate surface area is 274 Å². The van der Waals surface area contributed by atoms with E-state index in [-0.39, 0.29) is 6.10 Å². The first-order valence-corrected chi connectivity index (χ1v) is 18.3.